The van der Waals surface area contributed by atoms with Gasteiger partial charge in [-0.25, -0.2) is 4.68 Å². The highest BCUT2D eigenvalue weighted by Gasteiger charge is 2.16. The van der Waals surface area contributed by atoms with Crippen LogP contribution in [-0.4, -0.2) is 51.2 Å². The number of ether oxygens (including phenoxy) is 1. The average molecular weight is 352 g/mol. The molecule has 0 aliphatic carbocycles. The SMILES string of the molecule is Cc1ccn(-c2nc(Nc3cccc(O)c3)cc(N3CCOCC3)n2)n1. The second-order valence-electron chi connectivity index (χ2n) is 6.09. The van der Waals surface area contributed by atoms with Crippen molar-refractivity contribution in [2.24, 2.45) is 0 Å². The van der Waals surface area contributed by atoms with Crippen LogP contribution in [0.25, 0.3) is 5.95 Å². The topological polar surface area (TPSA) is 88.3 Å². The Hall–Kier alpha value is -3.13. The van der Waals surface area contributed by atoms with Crippen LogP contribution in [0.5, 0.6) is 5.75 Å². The van der Waals surface area contributed by atoms with Crippen LogP contribution in [0.15, 0.2) is 42.6 Å². The van der Waals surface area contributed by atoms with E-state index >= 15 is 0 Å². The first-order valence-electron chi connectivity index (χ1n) is 8.48. The smallest absolute Gasteiger partial charge is 0.254 e. The number of phenolic OH excluding ortho intramolecular Hbond substituents is 1. The van der Waals surface area contributed by atoms with E-state index < -0.39 is 0 Å². The molecule has 1 aliphatic rings. The lowest BCUT2D eigenvalue weighted by Crippen LogP contribution is -2.37. The lowest BCUT2D eigenvalue weighted by Gasteiger charge is -2.28. The number of hydrogen-bond acceptors (Lipinski definition) is 7. The maximum absolute atomic E-state index is 9.68. The van der Waals surface area contributed by atoms with Gasteiger partial charge in [0.1, 0.15) is 17.4 Å². The molecule has 4 rings (SSSR count). The van der Waals surface area contributed by atoms with Crippen molar-refractivity contribution in [3.63, 3.8) is 0 Å². The first kappa shape index (κ1) is 16.3. The van der Waals surface area contributed by atoms with E-state index in [1.807, 2.05) is 31.3 Å². The molecular formula is C18H20N6O2. The Kier molecular flexibility index (Phi) is 4.40. The maximum Gasteiger partial charge on any atom is 0.254 e. The summed E-state index contributed by atoms with van der Waals surface area (Å²) < 4.78 is 7.09. The van der Waals surface area contributed by atoms with Crippen LogP contribution in [-0.2, 0) is 4.74 Å². The summed E-state index contributed by atoms with van der Waals surface area (Å²) in [4.78, 5) is 11.4. The Labute approximate surface area is 151 Å². The van der Waals surface area contributed by atoms with Crippen LogP contribution < -0.4 is 10.2 Å². The van der Waals surface area contributed by atoms with Gasteiger partial charge in [-0.3, -0.25) is 0 Å². The van der Waals surface area contributed by atoms with Gasteiger partial charge in [0, 0.05) is 37.1 Å². The van der Waals surface area contributed by atoms with Gasteiger partial charge in [0.05, 0.1) is 18.9 Å². The van der Waals surface area contributed by atoms with E-state index in [-0.39, 0.29) is 5.75 Å². The molecule has 0 saturated carbocycles. The number of anilines is 3. The minimum absolute atomic E-state index is 0.195. The fourth-order valence-corrected chi connectivity index (χ4v) is 2.80. The number of nitrogens with one attached hydrogen (secondary N) is 1. The first-order valence-corrected chi connectivity index (χ1v) is 8.48. The van der Waals surface area contributed by atoms with Gasteiger partial charge in [0.15, 0.2) is 0 Å². The van der Waals surface area contributed by atoms with Gasteiger partial charge in [0.25, 0.3) is 5.95 Å². The molecule has 2 aromatic heterocycles. The molecule has 0 spiro atoms. The number of aryl methyl sites for hydroxylation is 1. The molecule has 0 amide bonds. The number of aromatic hydroxyl groups is 1. The molecule has 134 valence electrons. The molecule has 3 aromatic rings. The summed E-state index contributed by atoms with van der Waals surface area (Å²) in [5, 5.41) is 17.3. The van der Waals surface area contributed by atoms with Crippen molar-refractivity contribution in [2.45, 2.75) is 6.92 Å². The standard InChI is InChI=1S/C18H20N6O2/c1-13-5-6-24(22-13)18-20-16(19-14-3-2-4-15(25)11-14)12-17(21-18)23-7-9-26-10-8-23/h2-6,11-12,25H,7-10H2,1H3,(H,19,20,21). The molecule has 0 bridgehead atoms. The Morgan fingerprint density at radius 1 is 1.12 bits per heavy atom. The average Bonchev–Trinajstić information content (AvgIpc) is 3.09. The Bertz CT molecular complexity index is 904. The van der Waals surface area contributed by atoms with E-state index in [0.717, 1.165) is 30.3 Å². The summed E-state index contributed by atoms with van der Waals surface area (Å²) in [6.45, 7) is 4.83. The highest BCUT2D eigenvalue weighted by atomic mass is 16.5. The summed E-state index contributed by atoms with van der Waals surface area (Å²) >= 11 is 0. The molecule has 26 heavy (non-hydrogen) atoms. The molecule has 2 N–H and O–H groups in total. The number of benzene rings is 1. The Morgan fingerprint density at radius 3 is 2.69 bits per heavy atom. The van der Waals surface area contributed by atoms with Crippen molar-refractivity contribution in [2.75, 3.05) is 36.5 Å². The van der Waals surface area contributed by atoms with Crippen LogP contribution >= 0.6 is 0 Å². The summed E-state index contributed by atoms with van der Waals surface area (Å²) in [7, 11) is 0. The van der Waals surface area contributed by atoms with E-state index in [2.05, 4.69) is 25.3 Å². The number of phenols is 1. The number of nitrogens with zero attached hydrogens (tertiary/aromatic N) is 5. The highest BCUT2D eigenvalue weighted by molar-refractivity contribution is 5.62. The number of rotatable bonds is 4. The van der Waals surface area contributed by atoms with E-state index in [4.69, 9.17) is 4.74 Å². The van der Waals surface area contributed by atoms with Crippen molar-refractivity contribution in [1.29, 1.82) is 0 Å². The summed E-state index contributed by atoms with van der Waals surface area (Å²) in [6.07, 6.45) is 1.84. The van der Waals surface area contributed by atoms with Gasteiger partial charge < -0.3 is 20.1 Å². The van der Waals surface area contributed by atoms with Crippen LogP contribution in [0, 0.1) is 6.92 Å². The lowest BCUT2D eigenvalue weighted by molar-refractivity contribution is 0.122. The Balaban J connectivity index is 1.71. The van der Waals surface area contributed by atoms with Crippen LogP contribution in [0.4, 0.5) is 17.3 Å². The van der Waals surface area contributed by atoms with E-state index in [9.17, 15) is 5.11 Å². The largest absolute Gasteiger partial charge is 0.508 e. The molecule has 0 unspecified atom stereocenters. The summed E-state index contributed by atoms with van der Waals surface area (Å²) in [5.74, 6) is 2.13. The first-order chi connectivity index (χ1) is 12.7. The van der Waals surface area contributed by atoms with Crippen molar-refractivity contribution >= 4 is 17.3 Å². The van der Waals surface area contributed by atoms with E-state index in [1.54, 1.807) is 22.9 Å². The van der Waals surface area contributed by atoms with Crippen LogP contribution in [0.1, 0.15) is 5.69 Å². The van der Waals surface area contributed by atoms with E-state index in [1.165, 1.54) is 0 Å². The second kappa shape index (κ2) is 7.01. The fourth-order valence-electron chi connectivity index (χ4n) is 2.80. The quantitative estimate of drug-likeness (QED) is 0.744. The fraction of sp³-hybridized carbons (Fsp3) is 0.278. The minimum atomic E-state index is 0.195. The molecule has 8 nitrogen and oxygen atoms in total. The Morgan fingerprint density at radius 2 is 1.96 bits per heavy atom. The van der Waals surface area contributed by atoms with E-state index in [0.29, 0.717) is 25.0 Å². The summed E-state index contributed by atoms with van der Waals surface area (Å²) in [6, 6.07) is 10.7. The third-order valence-corrected chi connectivity index (χ3v) is 4.08. The molecular weight excluding hydrogens is 332 g/mol. The predicted octanol–water partition coefficient (Wildman–Crippen LogP) is 2.26. The van der Waals surface area contributed by atoms with Crippen LogP contribution in [0.3, 0.4) is 0 Å². The van der Waals surface area contributed by atoms with Crippen molar-refractivity contribution in [3.8, 4) is 11.7 Å². The van der Waals surface area contributed by atoms with Gasteiger partial charge in [-0.05, 0) is 25.1 Å². The number of morpholine rings is 1. The molecule has 8 heteroatoms. The zero-order valence-corrected chi connectivity index (χ0v) is 14.5. The molecule has 1 saturated heterocycles. The number of aromatic nitrogens is 4. The van der Waals surface area contributed by atoms with Gasteiger partial charge in [-0.15, -0.1) is 0 Å². The lowest BCUT2D eigenvalue weighted by atomic mass is 10.3. The highest BCUT2D eigenvalue weighted by Crippen LogP contribution is 2.23. The van der Waals surface area contributed by atoms with Crippen molar-refractivity contribution in [1.82, 2.24) is 19.7 Å². The molecule has 1 fully saturated rings. The molecule has 1 aromatic carbocycles. The third-order valence-electron chi connectivity index (χ3n) is 4.08. The van der Waals surface area contributed by atoms with Gasteiger partial charge >= 0.3 is 0 Å². The second-order valence-corrected chi connectivity index (χ2v) is 6.09. The minimum Gasteiger partial charge on any atom is -0.508 e. The summed E-state index contributed by atoms with van der Waals surface area (Å²) in [5.41, 5.74) is 1.65. The third kappa shape index (κ3) is 3.60. The number of hydrogen-bond donors (Lipinski definition) is 2. The van der Waals surface area contributed by atoms with Crippen molar-refractivity contribution in [3.05, 3.63) is 48.3 Å². The maximum atomic E-state index is 9.68. The van der Waals surface area contributed by atoms with Gasteiger partial charge in [-0.1, -0.05) is 6.07 Å². The molecule has 3 heterocycles. The van der Waals surface area contributed by atoms with Gasteiger partial charge in [0.2, 0.25) is 0 Å². The molecule has 0 radical (unpaired) electrons. The molecule has 1 aliphatic heterocycles. The normalized spacial score (nSPS) is 14.4. The van der Waals surface area contributed by atoms with Crippen LogP contribution in [0.2, 0.25) is 0 Å². The predicted molar refractivity (Wildman–Crippen MR) is 98.3 cm³/mol. The van der Waals surface area contributed by atoms with Crippen molar-refractivity contribution < 1.29 is 9.84 Å². The zero-order chi connectivity index (χ0) is 17.9. The zero-order valence-electron chi connectivity index (χ0n) is 14.5. The molecule has 0 atom stereocenters. The van der Waals surface area contributed by atoms with Gasteiger partial charge in [-0.2, -0.15) is 15.1 Å². The monoisotopic (exact) mass is 352 g/mol.